The third-order valence-corrected chi connectivity index (χ3v) is 3.87. The van der Waals surface area contributed by atoms with E-state index >= 15 is 0 Å². The molecule has 3 rings (SSSR count). The Hall–Kier alpha value is -2.80. The summed E-state index contributed by atoms with van der Waals surface area (Å²) in [5, 5.41) is 7.71. The summed E-state index contributed by atoms with van der Waals surface area (Å²) in [5.74, 6) is 1.20. The molecule has 0 bridgehead atoms. The van der Waals surface area contributed by atoms with E-state index in [0.29, 0.717) is 33.9 Å². The number of nitrogens with one attached hydrogen (secondary N) is 1. The average molecular weight is 358 g/mol. The van der Waals surface area contributed by atoms with E-state index in [0.717, 1.165) is 5.56 Å². The molecule has 25 heavy (non-hydrogen) atoms. The fourth-order valence-corrected chi connectivity index (χ4v) is 2.39. The standard InChI is InChI=1S/C17H16ClN5O2/c1-9-14(11(3)24)8-19-17(20-9)21-10(2)16-22-15(23-25-16)12-4-6-13(18)7-5-12/h4-8,10H,1-3H3,(H,19,20,21). The number of rotatable bonds is 5. The van der Waals surface area contributed by atoms with Crippen LogP contribution in [-0.4, -0.2) is 25.9 Å². The zero-order valence-corrected chi connectivity index (χ0v) is 14.7. The lowest BCUT2D eigenvalue weighted by Gasteiger charge is -2.10. The van der Waals surface area contributed by atoms with Gasteiger partial charge in [0.1, 0.15) is 6.04 Å². The predicted octanol–water partition coefficient (Wildman–Crippen LogP) is 3.86. The van der Waals surface area contributed by atoms with Gasteiger partial charge in [0, 0.05) is 16.8 Å². The predicted molar refractivity (Wildman–Crippen MR) is 93.6 cm³/mol. The number of aryl methyl sites for hydroxylation is 1. The molecule has 3 aromatic rings. The van der Waals surface area contributed by atoms with Gasteiger partial charge in [-0.05, 0) is 45.0 Å². The number of carbonyl (C=O) groups excluding carboxylic acids is 1. The molecule has 0 radical (unpaired) electrons. The lowest BCUT2D eigenvalue weighted by Crippen LogP contribution is -2.11. The van der Waals surface area contributed by atoms with Crippen molar-refractivity contribution in [3.05, 3.63) is 52.6 Å². The molecule has 0 saturated heterocycles. The molecular formula is C17H16ClN5O2. The van der Waals surface area contributed by atoms with E-state index < -0.39 is 0 Å². The summed E-state index contributed by atoms with van der Waals surface area (Å²) in [6, 6.07) is 6.88. The van der Waals surface area contributed by atoms with Gasteiger partial charge in [0.15, 0.2) is 5.78 Å². The smallest absolute Gasteiger partial charge is 0.249 e. The summed E-state index contributed by atoms with van der Waals surface area (Å²) in [6.07, 6.45) is 1.51. The van der Waals surface area contributed by atoms with Crippen LogP contribution in [0.3, 0.4) is 0 Å². The van der Waals surface area contributed by atoms with Crippen LogP contribution in [0.5, 0.6) is 0 Å². The van der Waals surface area contributed by atoms with Crippen molar-refractivity contribution in [2.24, 2.45) is 0 Å². The Kier molecular flexibility index (Phi) is 4.76. The zero-order chi connectivity index (χ0) is 18.0. The lowest BCUT2D eigenvalue weighted by molar-refractivity contribution is 0.101. The quantitative estimate of drug-likeness (QED) is 0.692. The number of hydrogen-bond acceptors (Lipinski definition) is 7. The normalized spacial score (nSPS) is 12.0. The van der Waals surface area contributed by atoms with Gasteiger partial charge in [0.25, 0.3) is 0 Å². The highest BCUT2D eigenvalue weighted by atomic mass is 35.5. The Labute approximate surface area is 149 Å². The van der Waals surface area contributed by atoms with Gasteiger partial charge in [0.2, 0.25) is 17.7 Å². The van der Waals surface area contributed by atoms with Crippen molar-refractivity contribution in [2.45, 2.75) is 26.8 Å². The van der Waals surface area contributed by atoms with E-state index in [2.05, 4.69) is 25.4 Å². The molecule has 0 fully saturated rings. The van der Waals surface area contributed by atoms with Crippen molar-refractivity contribution < 1.29 is 9.32 Å². The van der Waals surface area contributed by atoms with E-state index in [9.17, 15) is 4.79 Å². The van der Waals surface area contributed by atoms with Crippen LogP contribution in [0.1, 0.15) is 41.8 Å². The number of nitrogens with zero attached hydrogens (tertiary/aromatic N) is 4. The average Bonchev–Trinajstić information content (AvgIpc) is 3.05. The zero-order valence-electron chi connectivity index (χ0n) is 13.9. The second kappa shape index (κ2) is 6.98. The first-order valence-corrected chi connectivity index (χ1v) is 8.02. The molecule has 0 saturated carbocycles. The van der Waals surface area contributed by atoms with Crippen LogP contribution in [0.15, 0.2) is 35.0 Å². The largest absolute Gasteiger partial charge is 0.343 e. The second-order valence-corrected chi connectivity index (χ2v) is 6.01. The number of aromatic nitrogens is 4. The van der Waals surface area contributed by atoms with E-state index in [1.807, 2.05) is 19.1 Å². The van der Waals surface area contributed by atoms with Crippen LogP contribution in [0.4, 0.5) is 5.95 Å². The number of benzene rings is 1. The molecule has 1 aromatic carbocycles. The first-order valence-electron chi connectivity index (χ1n) is 7.64. The monoisotopic (exact) mass is 357 g/mol. The van der Waals surface area contributed by atoms with Gasteiger partial charge in [0.05, 0.1) is 11.3 Å². The first-order chi connectivity index (χ1) is 11.9. The van der Waals surface area contributed by atoms with E-state index in [-0.39, 0.29) is 11.8 Å². The van der Waals surface area contributed by atoms with Crippen molar-refractivity contribution in [1.82, 2.24) is 20.1 Å². The van der Waals surface area contributed by atoms with Crippen molar-refractivity contribution in [1.29, 1.82) is 0 Å². The van der Waals surface area contributed by atoms with Crippen LogP contribution >= 0.6 is 11.6 Å². The van der Waals surface area contributed by atoms with Crippen molar-refractivity contribution in [2.75, 3.05) is 5.32 Å². The van der Waals surface area contributed by atoms with Crippen LogP contribution in [0.2, 0.25) is 5.02 Å². The Morgan fingerprint density at radius 2 is 1.96 bits per heavy atom. The van der Waals surface area contributed by atoms with Crippen LogP contribution < -0.4 is 5.32 Å². The highest BCUT2D eigenvalue weighted by Gasteiger charge is 2.17. The Bertz CT molecular complexity index is 908. The third-order valence-electron chi connectivity index (χ3n) is 3.62. The minimum atomic E-state index is -0.295. The molecule has 2 heterocycles. The molecule has 1 N–H and O–H groups in total. The lowest BCUT2D eigenvalue weighted by atomic mass is 10.2. The van der Waals surface area contributed by atoms with Crippen molar-refractivity contribution in [3.63, 3.8) is 0 Å². The van der Waals surface area contributed by atoms with Gasteiger partial charge < -0.3 is 9.84 Å². The summed E-state index contributed by atoms with van der Waals surface area (Å²) >= 11 is 5.88. The van der Waals surface area contributed by atoms with Crippen LogP contribution in [-0.2, 0) is 0 Å². The molecular weight excluding hydrogens is 342 g/mol. The minimum Gasteiger partial charge on any atom is -0.343 e. The van der Waals surface area contributed by atoms with Gasteiger partial charge in [-0.25, -0.2) is 9.97 Å². The molecule has 0 amide bonds. The summed E-state index contributed by atoms with van der Waals surface area (Å²) in [7, 11) is 0. The van der Waals surface area contributed by atoms with Gasteiger partial charge in [-0.2, -0.15) is 4.98 Å². The maximum absolute atomic E-state index is 11.4. The van der Waals surface area contributed by atoms with Crippen LogP contribution in [0, 0.1) is 6.92 Å². The minimum absolute atomic E-state index is 0.0680. The molecule has 8 heteroatoms. The van der Waals surface area contributed by atoms with E-state index in [1.165, 1.54) is 13.1 Å². The molecule has 1 unspecified atom stereocenters. The maximum atomic E-state index is 11.4. The Balaban J connectivity index is 1.76. The fraction of sp³-hybridized carbons (Fsp3) is 0.235. The van der Waals surface area contributed by atoms with Gasteiger partial charge in [-0.1, -0.05) is 16.8 Å². The Morgan fingerprint density at radius 3 is 2.60 bits per heavy atom. The van der Waals surface area contributed by atoms with Crippen molar-refractivity contribution >= 4 is 23.3 Å². The molecule has 2 aromatic heterocycles. The van der Waals surface area contributed by atoms with E-state index in [1.54, 1.807) is 19.1 Å². The van der Waals surface area contributed by atoms with Gasteiger partial charge >= 0.3 is 0 Å². The first kappa shape index (κ1) is 17.0. The van der Waals surface area contributed by atoms with Gasteiger partial charge in [-0.3, -0.25) is 4.79 Å². The second-order valence-electron chi connectivity index (χ2n) is 5.58. The number of carbonyl (C=O) groups is 1. The van der Waals surface area contributed by atoms with Gasteiger partial charge in [-0.15, -0.1) is 0 Å². The molecule has 128 valence electrons. The highest BCUT2D eigenvalue weighted by Crippen LogP contribution is 2.22. The number of hydrogen-bond donors (Lipinski definition) is 1. The number of Topliss-reactive ketones (excluding diaryl/α,β-unsaturated/α-hetero) is 1. The fourth-order valence-electron chi connectivity index (χ4n) is 2.26. The highest BCUT2D eigenvalue weighted by molar-refractivity contribution is 6.30. The Morgan fingerprint density at radius 1 is 1.24 bits per heavy atom. The number of anilines is 1. The van der Waals surface area contributed by atoms with Crippen molar-refractivity contribution in [3.8, 4) is 11.4 Å². The summed E-state index contributed by atoms with van der Waals surface area (Å²) in [6.45, 7) is 5.11. The summed E-state index contributed by atoms with van der Waals surface area (Å²) < 4.78 is 5.31. The van der Waals surface area contributed by atoms with Crippen LogP contribution in [0.25, 0.3) is 11.4 Å². The van der Waals surface area contributed by atoms with E-state index in [4.69, 9.17) is 16.1 Å². The summed E-state index contributed by atoms with van der Waals surface area (Å²) in [4.78, 5) is 24.3. The molecule has 1 atom stereocenters. The number of ketones is 1. The summed E-state index contributed by atoms with van der Waals surface area (Å²) in [5.41, 5.74) is 1.93. The number of halogens is 1. The topological polar surface area (TPSA) is 93.8 Å². The maximum Gasteiger partial charge on any atom is 0.249 e. The molecule has 0 aliphatic heterocycles. The third kappa shape index (κ3) is 3.83. The molecule has 0 aliphatic rings. The molecule has 7 nitrogen and oxygen atoms in total. The SMILES string of the molecule is CC(=O)c1cnc(NC(C)c2nc(-c3ccc(Cl)cc3)no2)nc1C. The molecule has 0 spiro atoms. The molecule has 0 aliphatic carbocycles.